The summed E-state index contributed by atoms with van der Waals surface area (Å²) < 4.78 is 22.3. The Hall–Kier alpha value is -0.820. The van der Waals surface area contributed by atoms with E-state index in [0.29, 0.717) is 0 Å². The number of aliphatic carboxylic acids is 1. The first kappa shape index (κ1) is 15.2. The SMILES string of the molecule is CCS(=O)(=O)CCC(NC(=O)CCl)C(=O)O. The van der Waals surface area contributed by atoms with Crippen molar-refractivity contribution < 1.29 is 23.1 Å². The molecule has 0 aliphatic carbocycles. The Morgan fingerprint density at radius 3 is 2.38 bits per heavy atom. The molecule has 1 amide bonds. The number of sulfone groups is 1. The maximum Gasteiger partial charge on any atom is 0.326 e. The molecule has 16 heavy (non-hydrogen) atoms. The number of hydrogen-bond donors (Lipinski definition) is 2. The number of amides is 1. The maximum atomic E-state index is 11.1. The Morgan fingerprint density at radius 1 is 1.44 bits per heavy atom. The van der Waals surface area contributed by atoms with Crippen LogP contribution in [-0.2, 0) is 19.4 Å². The van der Waals surface area contributed by atoms with Crippen LogP contribution in [0.3, 0.4) is 0 Å². The Morgan fingerprint density at radius 2 is 2.00 bits per heavy atom. The molecule has 0 bridgehead atoms. The van der Waals surface area contributed by atoms with Crippen molar-refractivity contribution in [2.75, 3.05) is 17.4 Å². The van der Waals surface area contributed by atoms with Crippen LogP contribution in [0.1, 0.15) is 13.3 Å². The van der Waals surface area contributed by atoms with Crippen molar-refractivity contribution in [1.29, 1.82) is 0 Å². The minimum Gasteiger partial charge on any atom is -0.480 e. The maximum absolute atomic E-state index is 11.1. The predicted molar refractivity (Wildman–Crippen MR) is 59.2 cm³/mol. The Balaban J connectivity index is 4.36. The highest BCUT2D eigenvalue weighted by molar-refractivity contribution is 7.91. The quantitative estimate of drug-likeness (QED) is 0.615. The zero-order chi connectivity index (χ0) is 12.8. The number of alkyl halides is 1. The highest BCUT2D eigenvalue weighted by atomic mass is 35.5. The van der Waals surface area contributed by atoms with Crippen LogP contribution in [0.4, 0.5) is 0 Å². The van der Waals surface area contributed by atoms with Gasteiger partial charge in [0, 0.05) is 5.75 Å². The topological polar surface area (TPSA) is 101 Å². The number of carbonyl (C=O) groups excluding carboxylic acids is 1. The summed E-state index contributed by atoms with van der Waals surface area (Å²) in [7, 11) is -3.24. The average molecular weight is 272 g/mol. The molecular weight excluding hydrogens is 258 g/mol. The van der Waals surface area contributed by atoms with Crippen LogP contribution in [0, 0.1) is 0 Å². The molecule has 1 unspecified atom stereocenters. The molecule has 0 rings (SSSR count). The predicted octanol–water partition coefficient (Wildman–Crippen LogP) is -0.381. The van der Waals surface area contributed by atoms with E-state index in [0.717, 1.165) is 0 Å². The first-order chi connectivity index (χ1) is 7.32. The molecule has 0 heterocycles. The van der Waals surface area contributed by atoms with Crippen LogP contribution < -0.4 is 5.32 Å². The monoisotopic (exact) mass is 271 g/mol. The number of halogens is 1. The second kappa shape index (κ2) is 6.70. The Bertz CT molecular complexity index is 353. The summed E-state index contributed by atoms with van der Waals surface area (Å²) in [5.41, 5.74) is 0. The van der Waals surface area contributed by atoms with Gasteiger partial charge < -0.3 is 10.4 Å². The van der Waals surface area contributed by atoms with E-state index in [1.807, 2.05) is 0 Å². The van der Waals surface area contributed by atoms with Gasteiger partial charge in [0.15, 0.2) is 0 Å². The minimum absolute atomic E-state index is 0.0528. The van der Waals surface area contributed by atoms with E-state index in [4.69, 9.17) is 16.7 Å². The average Bonchev–Trinajstić information content (AvgIpc) is 2.23. The second-order valence-corrected chi connectivity index (χ2v) is 5.86. The van der Waals surface area contributed by atoms with Gasteiger partial charge >= 0.3 is 5.97 Å². The van der Waals surface area contributed by atoms with Gasteiger partial charge in [-0.3, -0.25) is 4.79 Å². The molecule has 0 saturated heterocycles. The molecule has 94 valence electrons. The second-order valence-electron chi connectivity index (χ2n) is 3.12. The molecule has 0 spiro atoms. The van der Waals surface area contributed by atoms with Crippen LogP contribution in [0.2, 0.25) is 0 Å². The van der Waals surface area contributed by atoms with Gasteiger partial charge in [0.2, 0.25) is 5.91 Å². The molecule has 0 aromatic heterocycles. The summed E-state index contributed by atoms with van der Waals surface area (Å²) >= 11 is 5.19. The Labute approximate surface area is 98.9 Å². The smallest absolute Gasteiger partial charge is 0.326 e. The van der Waals surface area contributed by atoms with Crippen molar-refractivity contribution in [3.8, 4) is 0 Å². The zero-order valence-corrected chi connectivity index (χ0v) is 10.3. The van der Waals surface area contributed by atoms with Gasteiger partial charge in [-0.2, -0.15) is 0 Å². The van der Waals surface area contributed by atoms with Crippen molar-refractivity contribution in [1.82, 2.24) is 5.32 Å². The third-order valence-electron chi connectivity index (χ3n) is 1.91. The highest BCUT2D eigenvalue weighted by Gasteiger charge is 2.21. The van der Waals surface area contributed by atoms with Crippen molar-refractivity contribution in [2.24, 2.45) is 0 Å². The number of carboxylic acid groups (broad SMARTS) is 1. The first-order valence-corrected chi connectivity index (χ1v) is 6.96. The normalized spacial score (nSPS) is 13.1. The lowest BCUT2D eigenvalue weighted by molar-refractivity contribution is -0.141. The van der Waals surface area contributed by atoms with Crippen molar-refractivity contribution in [3.63, 3.8) is 0 Å². The lowest BCUT2D eigenvalue weighted by atomic mass is 10.2. The summed E-state index contributed by atoms with van der Waals surface area (Å²) in [4.78, 5) is 21.6. The van der Waals surface area contributed by atoms with Crippen molar-refractivity contribution in [3.05, 3.63) is 0 Å². The van der Waals surface area contributed by atoms with Crippen LogP contribution in [0.15, 0.2) is 0 Å². The molecule has 0 fully saturated rings. The summed E-state index contributed by atoms with van der Waals surface area (Å²) in [6, 6.07) is -1.22. The van der Waals surface area contributed by atoms with E-state index in [1.54, 1.807) is 0 Å². The summed E-state index contributed by atoms with van der Waals surface area (Å²) in [5, 5.41) is 10.9. The van der Waals surface area contributed by atoms with E-state index < -0.39 is 27.8 Å². The molecule has 0 aliphatic heterocycles. The molecular formula is C8H14ClNO5S. The summed E-state index contributed by atoms with van der Waals surface area (Å²) in [6.07, 6.45) is -0.159. The van der Waals surface area contributed by atoms with Gasteiger partial charge in [0.25, 0.3) is 0 Å². The first-order valence-electron chi connectivity index (χ1n) is 4.61. The number of rotatable bonds is 7. The third kappa shape index (κ3) is 5.92. The zero-order valence-electron chi connectivity index (χ0n) is 8.77. The molecule has 2 N–H and O–H groups in total. The number of hydrogen-bond acceptors (Lipinski definition) is 4. The minimum atomic E-state index is -3.24. The van der Waals surface area contributed by atoms with E-state index in [9.17, 15) is 18.0 Å². The largest absolute Gasteiger partial charge is 0.480 e. The van der Waals surface area contributed by atoms with Gasteiger partial charge in [-0.15, -0.1) is 11.6 Å². The van der Waals surface area contributed by atoms with Crippen LogP contribution in [0.5, 0.6) is 0 Å². The fourth-order valence-corrected chi connectivity index (χ4v) is 1.89. The molecule has 1 atom stereocenters. The highest BCUT2D eigenvalue weighted by Crippen LogP contribution is 1.99. The molecule has 6 nitrogen and oxygen atoms in total. The molecule has 8 heteroatoms. The van der Waals surface area contributed by atoms with E-state index in [-0.39, 0.29) is 23.8 Å². The van der Waals surface area contributed by atoms with E-state index in [2.05, 4.69) is 5.32 Å². The van der Waals surface area contributed by atoms with Crippen molar-refractivity contribution in [2.45, 2.75) is 19.4 Å². The molecule has 0 aliphatic rings. The Kier molecular flexibility index (Phi) is 6.35. The number of nitrogens with one attached hydrogen (secondary N) is 1. The van der Waals surface area contributed by atoms with Gasteiger partial charge in [-0.25, -0.2) is 13.2 Å². The van der Waals surface area contributed by atoms with Crippen molar-refractivity contribution >= 4 is 33.3 Å². The fourth-order valence-electron chi connectivity index (χ4n) is 0.932. The van der Waals surface area contributed by atoms with Gasteiger partial charge in [-0.05, 0) is 6.42 Å². The van der Waals surface area contributed by atoms with E-state index in [1.165, 1.54) is 6.92 Å². The van der Waals surface area contributed by atoms with E-state index >= 15 is 0 Å². The molecule has 0 aromatic rings. The van der Waals surface area contributed by atoms with Crippen LogP contribution >= 0.6 is 11.6 Å². The fraction of sp³-hybridized carbons (Fsp3) is 0.750. The van der Waals surface area contributed by atoms with Gasteiger partial charge in [0.05, 0.1) is 5.75 Å². The van der Waals surface area contributed by atoms with Gasteiger partial charge in [0.1, 0.15) is 21.8 Å². The standard InChI is InChI=1S/C8H14ClNO5S/c1-2-16(14,15)4-3-6(8(12)13)10-7(11)5-9/h6H,2-5H2,1H3,(H,10,11)(H,12,13). The molecule has 0 radical (unpaired) electrons. The third-order valence-corrected chi connectivity index (χ3v) is 3.89. The number of carboxylic acids is 1. The summed E-state index contributed by atoms with van der Waals surface area (Å²) in [6.45, 7) is 1.47. The van der Waals surface area contributed by atoms with Crippen LogP contribution in [-0.4, -0.2) is 48.8 Å². The molecule has 0 saturated carbocycles. The summed E-state index contributed by atoms with van der Waals surface area (Å²) in [5.74, 6) is -2.59. The van der Waals surface area contributed by atoms with Gasteiger partial charge in [-0.1, -0.05) is 6.92 Å². The lowest BCUT2D eigenvalue weighted by Crippen LogP contribution is -2.42. The lowest BCUT2D eigenvalue weighted by Gasteiger charge is -2.13. The number of carbonyl (C=O) groups is 2. The molecule has 0 aromatic carbocycles. The van der Waals surface area contributed by atoms with Crippen LogP contribution in [0.25, 0.3) is 0 Å².